The van der Waals surface area contributed by atoms with Crippen LogP contribution in [0.15, 0.2) is 30.5 Å². The first-order chi connectivity index (χ1) is 10.2. The Hall–Kier alpha value is -2.56. The van der Waals surface area contributed by atoms with Gasteiger partial charge in [0.25, 0.3) is 0 Å². The van der Waals surface area contributed by atoms with Crippen LogP contribution in [-0.2, 0) is 17.6 Å². The van der Waals surface area contributed by atoms with Gasteiger partial charge in [-0.2, -0.15) is 0 Å². The van der Waals surface area contributed by atoms with Crippen molar-refractivity contribution >= 4 is 23.2 Å². The number of nitrogens with two attached hydrogens (primary N) is 1. The van der Waals surface area contributed by atoms with E-state index in [9.17, 15) is 4.79 Å². The fourth-order valence-electron chi connectivity index (χ4n) is 2.62. The molecule has 0 amide bonds. The highest BCUT2D eigenvalue weighted by Gasteiger charge is 2.13. The number of fused-ring (bicyclic) bond motifs is 1. The number of anilines is 3. The fraction of sp³-hybridized carbons (Fsp3) is 0.250. The SMILES string of the molecule is COC(=O)c1cc(Nc2ccc3c(c2)CCC3)ncc1N. The minimum Gasteiger partial charge on any atom is -0.465 e. The Morgan fingerprint density at radius 3 is 2.90 bits per heavy atom. The summed E-state index contributed by atoms with van der Waals surface area (Å²) in [6.45, 7) is 0. The molecule has 0 unspecified atom stereocenters. The monoisotopic (exact) mass is 283 g/mol. The topological polar surface area (TPSA) is 77.2 Å². The van der Waals surface area contributed by atoms with E-state index in [0.29, 0.717) is 17.1 Å². The maximum Gasteiger partial charge on any atom is 0.340 e. The van der Waals surface area contributed by atoms with Crippen molar-refractivity contribution in [2.45, 2.75) is 19.3 Å². The quantitative estimate of drug-likeness (QED) is 0.847. The Bertz CT molecular complexity index is 698. The normalized spacial score (nSPS) is 12.8. The molecule has 0 saturated carbocycles. The van der Waals surface area contributed by atoms with Crippen LogP contribution in [0, 0.1) is 0 Å². The van der Waals surface area contributed by atoms with Gasteiger partial charge in [-0.25, -0.2) is 9.78 Å². The van der Waals surface area contributed by atoms with Crippen molar-refractivity contribution in [1.29, 1.82) is 0 Å². The number of aryl methyl sites for hydroxylation is 2. The first kappa shape index (κ1) is 13.4. The van der Waals surface area contributed by atoms with Gasteiger partial charge < -0.3 is 15.8 Å². The Morgan fingerprint density at radius 1 is 1.29 bits per heavy atom. The highest BCUT2D eigenvalue weighted by Crippen LogP contribution is 2.27. The predicted octanol–water partition coefficient (Wildman–Crippen LogP) is 2.68. The van der Waals surface area contributed by atoms with E-state index in [-0.39, 0.29) is 0 Å². The molecule has 0 saturated heterocycles. The van der Waals surface area contributed by atoms with Crippen molar-refractivity contribution in [2.24, 2.45) is 0 Å². The van der Waals surface area contributed by atoms with Crippen LogP contribution in [0.1, 0.15) is 27.9 Å². The maximum atomic E-state index is 11.6. The van der Waals surface area contributed by atoms with Gasteiger partial charge in [-0.1, -0.05) is 6.07 Å². The number of hydrogen-bond donors (Lipinski definition) is 2. The molecule has 3 N–H and O–H groups in total. The van der Waals surface area contributed by atoms with Crippen LogP contribution < -0.4 is 11.1 Å². The van der Waals surface area contributed by atoms with E-state index >= 15 is 0 Å². The Labute approximate surface area is 123 Å². The van der Waals surface area contributed by atoms with E-state index in [1.165, 1.54) is 30.9 Å². The third-order valence-corrected chi connectivity index (χ3v) is 3.71. The summed E-state index contributed by atoms with van der Waals surface area (Å²) in [5.74, 6) is 0.106. The zero-order valence-corrected chi connectivity index (χ0v) is 11.8. The first-order valence-corrected chi connectivity index (χ1v) is 6.90. The molecule has 21 heavy (non-hydrogen) atoms. The lowest BCUT2D eigenvalue weighted by Gasteiger charge is -2.10. The maximum absolute atomic E-state index is 11.6. The molecule has 1 aromatic carbocycles. The van der Waals surface area contributed by atoms with Gasteiger partial charge in [0.15, 0.2) is 0 Å². The number of carbonyl (C=O) groups is 1. The van der Waals surface area contributed by atoms with Crippen LogP contribution in [0.25, 0.3) is 0 Å². The summed E-state index contributed by atoms with van der Waals surface area (Å²) < 4.78 is 4.71. The van der Waals surface area contributed by atoms with Crippen LogP contribution in [0.5, 0.6) is 0 Å². The third-order valence-electron chi connectivity index (χ3n) is 3.71. The smallest absolute Gasteiger partial charge is 0.340 e. The summed E-state index contributed by atoms with van der Waals surface area (Å²) in [7, 11) is 1.33. The highest BCUT2D eigenvalue weighted by molar-refractivity contribution is 5.95. The Balaban J connectivity index is 1.86. The number of carbonyl (C=O) groups excluding carboxylic acids is 1. The number of benzene rings is 1. The molecule has 1 aliphatic carbocycles. The standard InChI is InChI=1S/C16H17N3O2/c1-21-16(20)13-8-15(18-9-14(13)17)19-12-6-5-10-3-2-4-11(10)7-12/h5-9H,2-4,17H2,1H3,(H,18,19). The molecular formula is C16H17N3O2. The average Bonchev–Trinajstić information content (AvgIpc) is 2.96. The van der Waals surface area contributed by atoms with E-state index in [0.717, 1.165) is 18.5 Å². The fourth-order valence-corrected chi connectivity index (χ4v) is 2.62. The number of methoxy groups -OCH3 is 1. The largest absolute Gasteiger partial charge is 0.465 e. The van der Waals surface area contributed by atoms with E-state index in [4.69, 9.17) is 10.5 Å². The third kappa shape index (κ3) is 2.67. The molecule has 0 atom stereocenters. The van der Waals surface area contributed by atoms with E-state index in [1.807, 2.05) is 6.07 Å². The number of nitrogens with zero attached hydrogens (tertiary/aromatic N) is 1. The predicted molar refractivity (Wildman–Crippen MR) is 81.7 cm³/mol. The second-order valence-electron chi connectivity index (χ2n) is 5.11. The molecule has 0 aliphatic heterocycles. The second-order valence-corrected chi connectivity index (χ2v) is 5.11. The molecule has 1 heterocycles. The molecule has 1 aromatic heterocycles. The molecule has 108 valence electrons. The molecule has 1 aliphatic rings. The van der Waals surface area contributed by atoms with Crippen molar-refractivity contribution in [1.82, 2.24) is 4.98 Å². The summed E-state index contributed by atoms with van der Waals surface area (Å²) in [5, 5.41) is 3.21. The molecular weight excluding hydrogens is 266 g/mol. The highest BCUT2D eigenvalue weighted by atomic mass is 16.5. The van der Waals surface area contributed by atoms with Crippen LogP contribution in [0.2, 0.25) is 0 Å². The van der Waals surface area contributed by atoms with Crippen molar-refractivity contribution in [2.75, 3.05) is 18.2 Å². The van der Waals surface area contributed by atoms with Crippen LogP contribution in [0.4, 0.5) is 17.2 Å². The van der Waals surface area contributed by atoms with E-state index < -0.39 is 5.97 Å². The van der Waals surface area contributed by atoms with Crippen molar-refractivity contribution < 1.29 is 9.53 Å². The number of nitrogens with one attached hydrogen (secondary N) is 1. The van der Waals surface area contributed by atoms with Gasteiger partial charge in [0, 0.05) is 5.69 Å². The number of aromatic nitrogens is 1. The number of ether oxygens (including phenoxy) is 1. The number of nitrogen functional groups attached to an aromatic ring is 1. The summed E-state index contributed by atoms with van der Waals surface area (Å²) >= 11 is 0. The molecule has 0 fully saturated rings. The minimum absolute atomic E-state index is 0.307. The zero-order valence-electron chi connectivity index (χ0n) is 11.8. The van der Waals surface area contributed by atoms with E-state index in [1.54, 1.807) is 6.07 Å². The molecule has 0 bridgehead atoms. The number of pyridine rings is 1. The van der Waals surface area contributed by atoms with Crippen LogP contribution >= 0.6 is 0 Å². The zero-order chi connectivity index (χ0) is 14.8. The van der Waals surface area contributed by atoms with Gasteiger partial charge in [0.2, 0.25) is 0 Å². The minimum atomic E-state index is -0.466. The van der Waals surface area contributed by atoms with E-state index in [2.05, 4.69) is 22.4 Å². The van der Waals surface area contributed by atoms with Gasteiger partial charge in [0.1, 0.15) is 5.82 Å². The summed E-state index contributed by atoms with van der Waals surface area (Å²) in [6.07, 6.45) is 4.95. The van der Waals surface area contributed by atoms with Crippen molar-refractivity contribution in [3.63, 3.8) is 0 Å². The lowest BCUT2D eigenvalue weighted by Crippen LogP contribution is -2.07. The summed E-state index contributed by atoms with van der Waals surface area (Å²) in [4.78, 5) is 15.8. The van der Waals surface area contributed by atoms with Crippen LogP contribution in [0.3, 0.4) is 0 Å². The number of hydrogen-bond acceptors (Lipinski definition) is 5. The molecule has 0 spiro atoms. The first-order valence-electron chi connectivity index (χ1n) is 6.90. The molecule has 3 rings (SSSR count). The molecule has 5 nitrogen and oxygen atoms in total. The molecule has 5 heteroatoms. The number of esters is 1. The van der Waals surface area contributed by atoms with Crippen molar-refractivity contribution in [3.8, 4) is 0 Å². The summed E-state index contributed by atoms with van der Waals surface area (Å²) in [6, 6.07) is 7.91. The van der Waals surface area contributed by atoms with Crippen LogP contribution in [-0.4, -0.2) is 18.1 Å². The molecule has 0 radical (unpaired) electrons. The summed E-state index contributed by atoms with van der Waals surface area (Å²) in [5.41, 5.74) is 10.1. The van der Waals surface area contributed by atoms with Gasteiger partial charge in [-0.05, 0) is 48.6 Å². The lowest BCUT2D eigenvalue weighted by molar-refractivity contribution is 0.0602. The Kier molecular flexibility index (Phi) is 3.48. The van der Waals surface area contributed by atoms with Gasteiger partial charge in [-0.3, -0.25) is 0 Å². The molecule has 2 aromatic rings. The second kappa shape index (κ2) is 5.44. The average molecular weight is 283 g/mol. The van der Waals surface area contributed by atoms with Gasteiger partial charge >= 0.3 is 5.97 Å². The lowest BCUT2D eigenvalue weighted by atomic mass is 10.1. The van der Waals surface area contributed by atoms with Crippen molar-refractivity contribution in [3.05, 3.63) is 47.2 Å². The number of rotatable bonds is 3. The Morgan fingerprint density at radius 2 is 2.10 bits per heavy atom. The van der Waals surface area contributed by atoms with Gasteiger partial charge in [-0.15, -0.1) is 0 Å². The van der Waals surface area contributed by atoms with Gasteiger partial charge in [0.05, 0.1) is 24.6 Å².